The van der Waals surface area contributed by atoms with Gasteiger partial charge in [0.15, 0.2) is 0 Å². The largest absolute Gasteiger partial charge is 0.272 e. The first kappa shape index (κ1) is 14.2. The van der Waals surface area contributed by atoms with Gasteiger partial charge in [0, 0.05) is 16.1 Å². The second-order valence-corrected chi connectivity index (χ2v) is 5.44. The van der Waals surface area contributed by atoms with Crippen molar-refractivity contribution < 1.29 is 4.79 Å². The van der Waals surface area contributed by atoms with Crippen molar-refractivity contribution in [3.05, 3.63) is 34.3 Å². The number of carbonyl (C=O) groups is 1. The molecule has 1 aliphatic heterocycles. The van der Waals surface area contributed by atoms with Gasteiger partial charge in [0.2, 0.25) is 5.91 Å². The number of nitriles is 2. The lowest BCUT2D eigenvalue weighted by Crippen LogP contribution is -2.32. The summed E-state index contributed by atoms with van der Waals surface area (Å²) in [5, 5.41) is 22.3. The summed E-state index contributed by atoms with van der Waals surface area (Å²) in [6, 6.07) is 11.2. The minimum absolute atomic E-state index is 0.272. The molecule has 0 fully saturated rings. The number of hydrogen-bond donors (Lipinski definition) is 1. The molecular formula is C14H11BrN4O. The molecule has 1 N–H and O–H groups in total. The third kappa shape index (κ3) is 2.56. The number of nitrogens with zero attached hydrogens (tertiary/aromatic N) is 3. The van der Waals surface area contributed by atoms with Gasteiger partial charge in [-0.2, -0.15) is 15.6 Å². The number of nitrogens with one attached hydrogen (secondary N) is 1. The summed E-state index contributed by atoms with van der Waals surface area (Å²) >= 11 is 3.34. The van der Waals surface area contributed by atoms with Gasteiger partial charge < -0.3 is 0 Å². The highest BCUT2D eigenvalue weighted by Gasteiger charge is 2.40. The number of hydrazone groups is 1. The van der Waals surface area contributed by atoms with E-state index in [0.29, 0.717) is 5.71 Å². The zero-order valence-electron chi connectivity index (χ0n) is 10.7. The fraction of sp³-hybridized carbons (Fsp3) is 0.286. The minimum Gasteiger partial charge on any atom is -0.272 e. The van der Waals surface area contributed by atoms with Crippen LogP contribution in [0.1, 0.15) is 18.4 Å². The van der Waals surface area contributed by atoms with Crippen molar-refractivity contribution in [1.29, 1.82) is 10.5 Å². The molecule has 0 unspecified atom stereocenters. The number of hydrogen-bond acceptors (Lipinski definition) is 4. The Kier molecular flexibility index (Phi) is 4.16. The molecule has 6 heteroatoms. The maximum atomic E-state index is 11.9. The summed E-state index contributed by atoms with van der Waals surface area (Å²) in [5.41, 5.74) is 3.78. The molecule has 1 aromatic rings. The molecular weight excluding hydrogens is 320 g/mol. The average molecular weight is 331 g/mol. The Hall–Kier alpha value is -2.18. The molecule has 0 aliphatic carbocycles. The summed E-state index contributed by atoms with van der Waals surface area (Å²) in [5.74, 6) is -2.29. The van der Waals surface area contributed by atoms with Gasteiger partial charge in [-0.25, -0.2) is 5.43 Å². The smallest absolute Gasteiger partial charge is 0.249 e. The lowest BCUT2D eigenvalue weighted by Gasteiger charge is -2.23. The molecule has 1 aliphatic rings. The van der Waals surface area contributed by atoms with E-state index >= 15 is 0 Å². The first-order valence-electron chi connectivity index (χ1n) is 5.97. The van der Waals surface area contributed by atoms with E-state index in [9.17, 15) is 15.3 Å². The fourth-order valence-electron chi connectivity index (χ4n) is 2.35. The molecule has 2 atom stereocenters. The third-order valence-corrected chi connectivity index (χ3v) is 3.85. The SMILES string of the molecule is CC1=NNC(=O)[C@H]1[C@@H](c1ccc(Br)cc1)C(C#N)C#N. The second-order valence-electron chi connectivity index (χ2n) is 4.52. The molecule has 5 nitrogen and oxygen atoms in total. The molecule has 1 aromatic carbocycles. The Morgan fingerprint density at radius 1 is 1.30 bits per heavy atom. The first-order chi connectivity index (χ1) is 9.58. The van der Waals surface area contributed by atoms with E-state index in [-0.39, 0.29) is 5.91 Å². The number of amides is 1. The Morgan fingerprint density at radius 2 is 1.90 bits per heavy atom. The van der Waals surface area contributed by atoms with E-state index in [0.717, 1.165) is 10.0 Å². The van der Waals surface area contributed by atoms with Crippen LogP contribution in [0.15, 0.2) is 33.8 Å². The molecule has 0 aromatic heterocycles. The van der Waals surface area contributed by atoms with Crippen molar-refractivity contribution >= 4 is 27.5 Å². The Labute approximate surface area is 125 Å². The predicted octanol–water partition coefficient (Wildman–Crippen LogP) is 2.32. The van der Waals surface area contributed by atoms with E-state index in [2.05, 4.69) is 26.5 Å². The summed E-state index contributed by atoms with van der Waals surface area (Å²) in [4.78, 5) is 11.9. The van der Waals surface area contributed by atoms with E-state index in [1.54, 1.807) is 6.92 Å². The van der Waals surface area contributed by atoms with Crippen molar-refractivity contribution in [2.75, 3.05) is 0 Å². The topological polar surface area (TPSA) is 89.0 Å². The van der Waals surface area contributed by atoms with Crippen LogP contribution in [-0.4, -0.2) is 11.6 Å². The van der Waals surface area contributed by atoms with Gasteiger partial charge in [0.05, 0.1) is 18.1 Å². The van der Waals surface area contributed by atoms with E-state index in [1.165, 1.54) is 0 Å². The maximum Gasteiger partial charge on any atom is 0.249 e. The van der Waals surface area contributed by atoms with E-state index in [1.807, 2.05) is 36.4 Å². The predicted molar refractivity (Wildman–Crippen MR) is 76.3 cm³/mol. The quantitative estimate of drug-likeness (QED) is 0.922. The van der Waals surface area contributed by atoms with Gasteiger partial charge in [0.25, 0.3) is 0 Å². The Bertz CT molecular complexity index is 625. The van der Waals surface area contributed by atoms with Crippen LogP contribution in [-0.2, 0) is 4.79 Å². The van der Waals surface area contributed by atoms with Crippen LogP contribution in [0.3, 0.4) is 0 Å². The van der Waals surface area contributed by atoms with Crippen LogP contribution in [0.4, 0.5) is 0 Å². The van der Waals surface area contributed by atoms with Crippen LogP contribution in [0.25, 0.3) is 0 Å². The third-order valence-electron chi connectivity index (χ3n) is 3.33. The summed E-state index contributed by atoms with van der Waals surface area (Å²) in [7, 11) is 0. The van der Waals surface area contributed by atoms with Crippen LogP contribution in [0, 0.1) is 34.5 Å². The van der Waals surface area contributed by atoms with Crippen molar-refractivity contribution in [3.63, 3.8) is 0 Å². The monoisotopic (exact) mass is 330 g/mol. The second kappa shape index (κ2) is 5.85. The Balaban J connectivity index is 2.48. The van der Waals surface area contributed by atoms with Crippen LogP contribution < -0.4 is 5.43 Å². The first-order valence-corrected chi connectivity index (χ1v) is 6.76. The van der Waals surface area contributed by atoms with Crippen LogP contribution in [0.5, 0.6) is 0 Å². The molecule has 0 radical (unpaired) electrons. The molecule has 100 valence electrons. The molecule has 0 saturated carbocycles. The van der Waals surface area contributed by atoms with Crippen molar-refractivity contribution in [1.82, 2.24) is 5.43 Å². The van der Waals surface area contributed by atoms with Gasteiger partial charge in [-0.15, -0.1) is 0 Å². The summed E-state index contributed by atoms with van der Waals surface area (Å²) in [6.07, 6.45) is 0. The van der Waals surface area contributed by atoms with E-state index < -0.39 is 17.8 Å². The van der Waals surface area contributed by atoms with Gasteiger partial charge in [-0.3, -0.25) is 4.79 Å². The molecule has 0 spiro atoms. The average Bonchev–Trinajstić information content (AvgIpc) is 2.77. The van der Waals surface area contributed by atoms with Crippen LogP contribution >= 0.6 is 15.9 Å². The van der Waals surface area contributed by atoms with Crippen molar-refractivity contribution in [2.24, 2.45) is 16.9 Å². The lowest BCUT2D eigenvalue weighted by molar-refractivity contribution is -0.122. The van der Waals surface area contributed by atoms with Crippen molar-refractivity contribution in [3.8, 4) is 12.1 Å². The molecule has 2 rings (SSSR count). The lowest BCUT2D eigenvalue weighted by atomic mass is 9.76. The summed E-state index contributed by atoms with van der Waals surface area (Å²) in [6.45, 7) is 1.72. The number of halogens is 1. The standard InChI is InChI=1S/C14H11BrN4O/c1-8-12(14(20)19-18-8)13(10(6-16)7-17)9-2-4-11(15)5-3-9/h2-5,10,12-13H,1H3,(H,19,20)/t12-,13+/m1/s1. The fourth-order valence-corrected chi connectivity index (χ4v) is 2.61. The summed E-state index contributed by atoms with van der Waals surface area (Å²) < 4.78 is 0.895. The van der Waals surface area contributed by atoms with Crippen molar-refractivity contribution in [2.45, 2.75) is 12.8 Å². The number of benzene rings is 1. The Morgan fingerprint density at radius 3 is 2.35 bits per heavy atom. The highest BCUT2D eigenvalue weighted by atomic mass is 79.9. The highest BCUT2D eigenvalue weighted by Crippen LogP contribution is 2.35. The molecule has 1 heterocycles. The molecule has 1 amide bonds. The van der Waals surface area contributed by atoms with Crippen LogP contribution in [0.2, 0.25) is 0 Å². The molecule has 0 bridgehead atoms. The van der Waals surface area contributed by atoms with Gasteiger partial charge in [-0.1, -0.05) is 28.1 Å². The number of rotatable bonds is 3. The zero-order chi connectivity index (χ0) is 14.7. The zero-order valence-corrected chi connectivity index (χ0v) is 12.3. The molecule has 20 heavy (non-hydrogen) atoms. The maximum absolute atomic E-state index is 11.9. The number of carbonyl (C=O) groups excluding carboxylic acids is 1. The molecule has 0 saturated heterocycles. The van der Waals surface area contributed by atoms with Gasteiger partial charge in [-0.05, 0) is 24.6 Å². The van der Waals surface area contributed by atoms with Gasteiger partial charge in [0.1, 0.15) is 5.92 Å². The minimum atomic E-state index is -0.907. The van der Waals surface area contributed by atoms with Gasteiger partial charge >= 0.3 is 0 Å². The van der Waals surface area contributed by atoms with E-state index in [4.69, 9.17) is 0 Å². The normalized spacial score (nSPS) is 18.9. The highest BCUT2D eigenvalue weighted by molar-refractivity contribution is 9.10.